The van der Waals surface area contributed by atoms with Crippen LogP contribution >= 0.6 is 0 Å². The molecule has 0 aromatic heterocycles. The van der Waals surface area contributed by atoms with E-state index in [1.807, 2.05) is 0 Å². The summed E-state index contributed by atoms with van der Waals surface area (Å²) in [6.07, 6.45) is 1.90. The standard InChI is InChI=1S/C14H13F2NO2/c15-11-5-6-13(12(16)9-11)19-8-2-1-7-17-14(18)10-3-4-10/h5-6,9-10H,3-4,7-8H2,(H,17,18). The first-order valence-corrected chi connectivity index (χ1v) is 5.98. The summed E-state index contributed by atoms with van der Waals surface area (Å²) in [5.74, 6) is 4.07. The highest BCUT2D eigenvalue weighted by atomic mass is 19.1. The van der Waals surface area contributed by atoms with Crippen molar-refractivity contribution in [3.8, 4) is 17.6 Å². The van der Waals surface area contributed by atoms with Crippen molar-refractivity contribution < 1.29 is 18.3 Å². The van der Waals surface area contributed by atoms with Gasteiger partial charge in [-0.25, -0.2) is 8.78 Å². The van der Waals surface area contributed by atoms with Crippen LogP contribution in [0.4, 0.5) is 8.78 Å². The van der Waals surface area contributed by atoms with E-state index >= 15 is 0 Å². The van der Waals surface area contributed by atoms with Crippen LogP contribution in [0.15, 0.2) is 18.2 Å². The van der Waals surface area contributed by atoms with Gasteiger partial charge in [-0.05, 0) is 25.0 Å². The molecule has 0 saturated heterocycles. The van der Waals surface area contributed by atoms with E-state index in [0.29, 0.717) is 0 Å². The fraction of sp³-hybridized carbons (Fsp3) is 0.357. The average Bonchev–Trinajstić information content (AvgIpc) is 3.19. The molecule has 3 nitrogen and oxygen atoms in total. The molecule has 2 rings (SSSR count). The molecule has 1 aromatic carbocycles. The van der Waals surface area contributed by atoms with Crippen molar-refractivity contribution in [1.82, 2.24) is 5.32 Å². The number of amides is 1. The monoisotopic (exact) mass is 265 g/mol. The minimum atomic E-state index is -0.760. The SMILES string of the molecule is O=C(NCC#CCOc1ccc(F)cc1F)C1CC1. The Morgan fingerprint density at radius 2 is 2.16 bits per heavy atom. The van der Waals surface area contributed by atoms with Gasteiger partial charge in [-0.2, -0.15) is 0 Å². The molecule has 100 valence electrons. The van der Waals surface area contributed by atoms with Crippen molar-refractivity contribution in [2.75, 3.05) is 13.2 Å². The first-order chi connectivity index (χ1) is 9.16. The highest BCUT2D eigenvalue weighted by molar-refractivity contribution is 5.81. The molecule has 1 saturated carbocycles. The average molecular weight is 265 g/mol. The molecule has 0 heterocycles. The third kappa shape index (κ3) is 4.25. The van der Waals surface area contributed by atoms with Gasteiger partial charge in [-0.1, -0.05) is 11.8 Å². The van der Waals surface area contributed by atoms with Crippen molar-refractivity contribution >= 4 is 5.91 Å². The summed E-state index contributed by atoms with van der Waals surface area (Å²) in [7, 11) is 0. The van der Waals surface area contributed by atoms with Crippen LogP contribution in [0.5, 0.6) is 5.75 Å². The van der Waals surface area contributed by atoms with Gasteiger partial charge in [0.05, 0.1) is 6.54 Å². The Morgan fingerprint density at radius 1 is 1.37 bits per heavy atom. The zero-order valence-electron chi connectivity index (χ0n) is 10.2. The molecule has 0 unspecified atom stereocenters. The van der Waals surface area contributed by atoms with Crippen molar-refractivity contribution in [1.29, 1.82) is 0 Å². The summed E-state index contributed by atoms with van der Waals surface area (Å²) < 4.78 is 30.8. The molecule has 1 amide bonds. The number of ether oxygens (including phenoxy) is 1. The molecule has 19 heavy (non-hydrogen) atoms. The van der Waals surface area contributed by atoms with E-state index in [4.69, 9.17) is 4.74 Å². The minimum absolute atomic E-state index is 0.0121. The molecule has 0 radical (unpaired) electrons. The second-order valence-electron chi connectivity index (χ2n) is 4.21. The van der Waals surface area contributed by atoms with Gasteiger partial charge < -0.3 is 10.1 Å². The molecule has 1 aliphatic carbocycles. The van der Waals surface area contributed by atoms with Crippen molar-refractivity contribution in [3.05, 3.63) is 29.8 Å². The number of halogens is 2. The Kier molecular flexibility index (Phi) is 4.35. The zero-order valence-corrected chi connectivity index (χ0v) is 10.2. The molecule has 0 aliphatic heterocycles. The Morgan fingerprint density at radius 3 is 2.84 bits per heavy atom. The smallest absolute Gasteiger partial charge is 0.223 e. The van der Waals surface area contributed by atoms with Gasteiger partial charge in [0, 0.05) is 12.0 Å². The summed E-state index contributed by atoms with van der Waals surface area (Å²) in [4.78, 5) is 11.2. The lowest BCUT2D eigenvalue weighted by atomic mass is 10.3. The van der Waals surface area contributed by atoms with Gasteiger partial charge in [0.25, 0.3) is 0 Å². The normalized spacial score (nSPS) is 13.4. The number of hydrogen-bond donors (Lipinski definition) is 1. The molecular formula is C14H13F2NO2. The van der Waals surface area contributed by atoms with E-state index in [9.17, 15) is 13.6 Å². The predicted molar refractivity (Wildman–Crippen MR) is 65.4 cm³/mol. The molecule has 0 spiro atoms. The number of carbonyl (C=O) groups is 1. The van der Waals surface area contributed by atoms with Crippen LogP contribution in [0.25, 0.3) is 0 Å². The number of rotatable bonds is 4. The number of carbonyl (C=O) groups excluding carboxylic acids is 1. The summed E-state index contributed by atoms with van der Waals surface area (Å²) in [6.45, 7) is 0.243. The van der Waals surface area contributed by atoms with Crippen LogP contribution in [-0.4, -0.2) is 19.1 Å². The van der Waals surface area contributed by atoms with E-state index in [1.165, 1.54) is 6.07 Å². The maximum absolute atomic E-state index is 13.2. The highest BCUT2D eigenvalue weighted by Gasteiger charge is 2.28. The second kappa shape index (κ2) is 6.19. The zero-order chi connectivity index (χ0) is 13.7. The van der Waals surface area contributed by atoms with Crippen LogP contribution in [-0.2, 0) is 4.79 Å². The fourth-order valence-electron chi connectivity index (χ4n) is 1.44. The van der Waals surface area contributed by atoms with Crippen LogP contribution in [0.1, 0.15) is 12.8 Å². The minimum Gasteiger partial charge on any atom is -0.478 e. The van der Waals surface area contributed by atoms with Crippen LogP contribution in [0, 0.1) is 29.4 Å². The largest absolute Gasteiger partial charge is 0.478 e. The molecule has 1 aliphatic rings. The Hall–Kier alpha value is -2.09. The highest BCUT2D eigenvalue weighted by Crippen LogP contribution is 2.28. The number of benzene rings is 1. The van der Waals surface area contributed by atoms with Crippen molar-refractivity contribution in [2.45, 2.75) is 12.8 Å². The quantitative estimate of drug-likeness (QED) is 0.844. The van der Waals surface area contributed by atoms with E-state index < -0.39 is 11.6 Å². The summed E-state index contributed by atoms with van der Waals surface area (Å²) in [6, 6.07) is 3.07. The predicted octanol–water partition coefficient (Wildman–Crippen LogP) is 1.87. The summed E-state index contributed by atoms with van der Waals surface area (Å²) in [5.41, 5.74) is 0. The molecule has 1 aromatic rings. The van der Waals surface area contributed by atoms with E-state index in [2.05, 4.69) is 17.2 Å². The van der Waals surface area contributed by atoms with Gasteiger partial charge in [-0.15, -0.1) is 0 Å². The van der Waals surface area contributed by atoms with Gasteiger partial charge >= 0.3 is 0 Å². The van der Waals surface area contributed by atoms with Crippen molar-refractivity contribution in [2.24, 2.45) is 5.92 Å². The van der Waals surface area contributed by atoms with Gasteiger partial charge in [0.15, 0.2) is 11.6 Å². The van der Waals surface area contributed by atoms with Gasteiger partial charge in [-0.3, -0.25) is 4.79 Å². The third-order valence-electron chi connectivity index (χ3n) is 2.62. The fourth-order valence-corrected chi connectivity index (χ4v) is 1.44. The van der Waals surface area contributed by atoms with E-state index in [0.717, 1.165) is 25.0 Å². The van der Waals surface area contributed by atoms with Crippen molar-refractivity contribution in [3.63, 3.8) is 0 Å². The molecule has 0 atom stereocenters. The second-order valence-corrected chi connectivity index (χ2v) is 4.21. The molecule has 1 N–H and O–H groups in total. The number of nitrogens with one attached hydrogen (secondary N) is 1. The maximum atomic E-state index is 13.2. The number of hydrogen-bond acceptors (Lipinski definition) is 2. The molecule has 1 fully saturated rings. The first-order valence-electron chi connectivity index (χ1n) is 5.98. The Labute approximate surface area is 110 Å². The first kappa shape index (κ1) is 13.3. The lowest BCUT2D eigenvalue weighted by Crippen LogP contribution is -2.24. The van der Waals surface area contributed by atoms with Crippen LogP contribution in [0.3, 0.4) is 0 Å². The molecule has 0 bridgehead atoms. The van der Waals surface area contributed by atoms with E-state index in [1.54, 1.807) is 0 Å². The summed E-state index contributed by atoms with van der Waals surface area (Å²) >= 11 is 0. The lowest BCUT2D eigenvalue weighted by molar-refractivity contribution is -0.122. The van der Waals surface area contributed by atoms with Crippen LogP contribution < -0.4 is 10.1 Å². The Balaban J connectivity index is 1.69. The van der Waals surface area contributed by atoms with Gasteiger partial charge in [0.2, 0.25) is 5.91 Å². The van der Waals surface area contributed by atoms with Crippen LogP contribution in [0.2, 0.25) is 0 Å². The third-order valence-corrected chi connectivity index (χ3v) is 2.62. The molecular weight excluding hydrogens is 252 g/mol. The lowest BCUT2D eigenvalue weighted by Gasteiger charge is -2.02. The van der Waals surface area contributed by atoms with E-state index in [-0.39, 0.29) is 30.7 Å². The topological polar surface area (TPSA) is 38.3 Å². The summed E-state index contributed by atoms with van der Waals surface area (Å²) in [5, 5.41) is 2.67. The maximum Gasteiger partial charge on any atom is 0.223 e. The van der Waals surface area contributed by atoms with Gasteiger partial charge in [0.1, 0.15) is 12.4 Å². The molecule has 5 heteroatoms. The Bertz CT molecular complexity index is 530.